The van der Waals surface area contributed by atoms with Crippen molar-refractivity contribution in [1.29, 1.82) is 5.26 Å². The van der Waals surface area contributed by atoms with Gasteiger partial charge >= 0.3 is 0 Å². The zero-order valence-corrected chi connectivity index (χ0v) is 17.9. The van der Waals surface area contributed by atoms with Crippen molar-refractivity contribution < 1.29 is 0 Å². The molecule has 29 heavy (non-hydrogen) atoms. The van der Waals surface area contributed by atoms with Crippen molar-refractivity contribution in [2.24, 2.45) is 0 Å². The summed E-state index contributed by atoms with van der Waals surface area (Å²) in [6, 6.07) is 8.79. The van der Waals surface area contributed by atoms with Gasteiger partial charge in [0.2, 0.25) is 5.95 Å². The maximum Gasteiger partial charge on any atom is 0.229 e. The van der Waals surface area contributed by atoms with Crippen molar-refractivity contribution in [2.45, 2.75) is 64.1 Å². The van der Waals surface area contributed by atoms with Crippen LogP contribution >= 0.6 is 11.6 Å². The maximum absolute atomic E-state index is 9.24. The van der Waals surface area contributed by atoms with Crippen LogP contribution < -0.4 is 10.6 Å². The fourth-order valence-corrected chi connectivity index (χ4v) is 4.94. The van der Waals surface area contributed by atoms with Gasteiger partial charge in [0.1, 0.15) is 5.02 Å². The third kappa shape index (κ3) is 4.17. The SMILES string of the molecule is Cc1ccc(Nc2ncc(Cl)c(NC3CC4CCCN4C(C)(C)C3)n2)cc1C#N. The number of piperidine rings is 1. The van der Waals surface area contributed by atoms with Crippen molar-refractivity contribution in [1.82, 2.24) is 14.9 Å². The van der Waals surface area contributed by atoms with Crippen LogP contribution in [0.25, 0.3) is 0 Å². The predicted molar refractivity (Wildman–Crippen MR) is 117 cm³/mol. The number of anilines is 3. The van der Waals surface area contributed by atoms with E-state index in [-0.39, 0.29) is 5.54 Å². The number of rotatable bonds is 4. The van der Waals surface area contributed by atoms with E-state index < -0.39 is 0 Å². The van der Waals surface area contributed by atoms with Gasteiger partial charge in [0.25, 0.3) is 0 Å². The van der Waals surface area contributed by atoms with Crippen molar-refractivity contribution in [2.75, 3.05) is 17.2 Å². The number of fused-ring (bicyclic) bond motifs is 1. The van der Waals surface area contributed by atoms with Gasteiger partial charge in [-0.05, 0) is 70.7 Å². The van der Waals surface area contributed by atoms with Crippen LogP contribution in [0.4, 0.5) is 17.5 Å². The molecule has 0 saturated carbocycles. The van der Waals surface area contributed by atoms with Crippen molar-refractivity contribution in [3.8, 4) is 6.07 Å². The topological polar surface area (TPSA) is 76.9 Å². The molecule has 2 unspecified atom stereocenters. The molecule has 1 aromatic heterocycles. The minimum Gasteiger partial charge on any atom is -0.366 e. The summed E-state index contributed by atoms with van der Waals surface area (Å²) >= 11 is 6.40. The van der Waals surface area contributed by atoms with Crippen LogP contribution in [0.3, 0.4) is 0 Å². The molecular formula is C22H27ClN6. The first-order valence-corrected chi connectivity index (χ1v) is 10.6. The molecule has 2 fully saturated rings. The zero-order chi connectivity index (χ0) is 20.6. The Morgan fingerprint density at radius 2 is 2.17 bits per heavy atom. The second-order valence-corrected chi connectivity index (χ2v) is 9.15. The second kappa shape index (κ2) is 7.81. The molecule has 7 heteroatoms. The number of nitriles is 1. The van der Waals surface area contributed by atoms with Crippen LogP contribution in [0, 0.1) is 18.3 Å². The van der Waals surface area contributed by atoms with Crippen LogP contribution in [0.1, 0.15) is 50.7 Å². The van der Waals surface area contributed by atoms with Gasteiger partial charge in [-0.15, -0.1) is 0 Å². The Balaban J connectivity index is 1.51. The van der Waals surface area contributed by atoms with Crippen molar-refractivity contribution >= 4 is 29.1 Å². The normalized spacial score (nSPS) is 23.3. The Morgan fingerprint density at radius 1 is 1.34 bits per heavy atom. The second-order valence-electron chi connectivity index (χ2n) is 8.74. The average Bonchev–Trinajstić information content (AvgIpc) is 3.15. The maximum atomic E-state index is 9.24. The van der Waals surface area contributed by atoms with Gasteiger partial charge < -0.3 is 10.6 Å². The summed E-state index contributed by atoms with van der Waals surface area (Å²) in [6.45, 7) is 7.78. The quantitative estimate of drug-likeness (QED) is 0.748. The highest BCUT2D eigenvalue weighted by atomic mass is 35.5. The lowest BCUT2D eigenvalue weighted by Crippen LogP contribution is -2.55. The molecule has 0 amide bonds. The van der Waals surface area contributed by atoms with Crippen LogP contribution in [0.5, 0.6) is 0 Å². The van der Waals surface area contributed by atoms with Gasteiger partial charge in [0, 0.05) is 23.3 Å². The van der Waals surface area contributed by atoms with Crippen LogP contribution in [-0.4, -0.2) is 39.0 Å². The Bertz CT molecular complexity index is 951. The van der Waals surface area contributed by atoms with E-state index >= 15 is 0 Å². The van der Waals surface area contributed by atoms with E-state index in [4.69, 9.17) is 11.6 Å². The largest absolute Gasteiger partial charge is 0.366 e. The van der Waals surface area contributed by atoms with E-state index in [1.807, 2.05) is 19.1 Å². The summed E-state index contributed by atoms with van der Waals surface area (Å²) in [6.07, 6.45) is 6.32. The number of aryl methyl sites for hydroxylation is 1. The molecule has 2 atom stereocenters. The summed E-state index contributed by atoms with van der Waals surface area (Å²) in [5.41, 5.74) is 2.53. The Hall–Kier alpha value is -2.36. The third-order valence-electron chi connectivity index (χ3n) is 6.16. The Morgan fingerprint density at radius 3 is 2.97 bits per heavy atom. The molecule has 1 aromatic carbocycles. The molecule has 3 heterocycles. The monoisotopic (exact) mass is 410 g/mol. The summed E-state index contributed by atoms with van der Waals surface area (Å²) in [4.78, 5) is 11.6. The molecule has 0 spiro atoms. The summed E-state index contributed by atoms with van der Waals surface area (Å²) in [5, 5.41) is 16.5. The molecule has 2 N–H and O–H groups in total. The van der Waals surface area contributed by atoms with Crippen molar-refractivity contribution in [3.63, 3.8) is 0 Å². The molecule has 0 bridgehead atoms. The molecule has 2 aliphatic heterocycles. The molecule has 2 aromatic rings. The standard InChI is InChI=1S/C22H27ClN6/c1-14-6-7-16(9-15(14)12-24)27-21-25-13-19(23)20(28-21)26-17-10-18-5-4-8-29(18)22(2,3)11-17/h6-7,9,13,17-18H,4-5,8,10-11H2,1-3H3,(H2,25,26,27,28). The van der Waals surface area contributed by atoms with E-state index in [1.165, 1.54) is 19.4 Å². The third-order valence-corrected chi connectivity index (χ3v) is 6.43. The lowest BCUT2D eigenvalue weighted by Gasteiger charge is -2.47. The van der Waals surface area contributed by atoms with E-state index in [2.05, 4.69) is 45.4 Å². The fraction of sp³-hybridized carbons (Fsp3) is 0.500. The van der Waals surface area contributed by atoms with Gasteiger partial charge in [-0.1, -0.05) is 17.7 Å². The zero-order valence-electron chi connectivity index (χ0n) is 17.2. The number of nitrogens with one attached hydrogen (secondary N) is 2. The Kier molecular flexibility index (Phi) is 5.37. The number of halogens is 1. The first kappa shape index (κ1) is 19.9. The van der Waals surface area contributed by atoms with Gasteiger partial charge in [0.05, 0.1) is 17.8 Å². The van der Waals surface area contributed by atoms with Crippen LogP contribution in [0.15, 0.2) is 24.4 Å². The first-order chi connectivity index (χ1) is 13.9. The number of hydrogen-bond acceptors (Lipinski definition) is 6. The molecule has 6 nitrogen and oxygen atoms in total. The lowest BCUT2D eigenvalue weighted by molar-refractivity contribution is 0.0501. The highest BCUT2D eigenvalue weighted by Crippen LogP contribution is 2.39. The van der Waals surface area contributed by atoms with Gasteiger partial charge in [-0.3, -0.25) is 4.90 Å². The molecule has 2 saturated heterocycles. The van der Waals surface area contributed by atoms with E-state index in [0.717, 1.165) is 24.1 Å². The van der Waals surface area contributed by atoms with E-state index in [0.29, 0.717) is 34.4 Å². The molecule has 2 aliphatic rings. The smallest absolute Gasteiger partial charge is 0.229 e. The molecule has 0 aliphatic carbocycles. The van der Waals surface area contributed by atoms with Crippen LogP contribution in [-0.2, 0) is 0 Å². The fourth-order valence-electron chi connectivity index (χ4n) is 4.79. The van der Waals surface area contributed by atoms with Crippen molar-refractivity contribution in [3.05, 3.63) is 40.5 Å². The highest BCUT2D eigenvalue weighted by Gasteiger charge is 2.42. The molecule has 152 valence electrons. The van der Waals surface area contributed by atoms with Crippen LogP contribution in [0.2, 0.25) is 5.02 Å². The predicted octanol–water partition coefficient (Wildman–Crippen LogP) is 4.87. The minimum absolute atomic E-state index is 0.174. The molecule has 4 rings (SSSR count). The van der Waals surface area contributed by atoms with E-state index in [9.17, 15) is 5.26 Å². The Labute approximate surface area is 177 Å². The molecule has 0 radical (unpaired) electrons. The number of benzene rings is 1. The number of nitrogens with zero attached hydrogens (tertiary/aromatic N) is 4. The summed E-state index contributed by atoms with van der Waals surface area (Å²) in [7, 11) is 0. The van der Waals surface area contributed by atoms with Gasteiger partial charge in [0.15, 0.2) is 5.82 Å². The first-order valence-electron chi connectivity index (χ1n) is 10.2. The summed E-state index contributed by atoms with van der Waals surface area (Å²) in [5.74, 6) is 1.12. The summed E-state index contributed by atoms with van der Waals surface area (Å²) < 4.78 is 0. The number of aromatic nitrogens is 2. The highest BCUT2D eigenvalue weighted by molar-refractivity contribution is 6.32. The lowest BCUT2D eigenvalue weighted by atomic mass is 9.84. The molecular weight excluding hydrogens is 384 g/mol. The van der Waals surface area contributed by atoms with Gasteiger partial charge in [-0.2, -0.15) is 10.2 Å². The minimum atomic E-state index is 0.174. The number of hydrogen-bond donors (Lipinski definition) is 2. The van der Waals surface area contributed by atoms with Gasteiger partial charge in [-0.25, -0.2) is 4.98 Å². The average molecular weight is 411 g/mol. The van der Waals surface area contributed by atoms with E-state index in [1.54, 1.807) is 12.3 Å².